The predicted molar refractivity (Wildman–Crippen MR) is 57.1 cm³/mol. The summed E-state index contributed by atoms with van der Waals surface area (Å²) < 4.78 is 0. The molecule has 0 aliphatic carbocycles. The van der Waals surface area contributed by atoms with Crippen LogP contribution in [0.25, 0.3) is 0 Å². The second-order valence-corrected chi connectivity index (χ2v) is 2.76. The molecular weight excluding hydrogens is 144 g/mol. The highest BCUT2D eigenvalue weighted by Gasteiger charge is 1.80. The molecule has 12 heavy (non-hydrogen) atoms. The Labute approximate surface area is 76.0 Å². The molecule has 0 rings (SSSR count). The van der Waals surface area contributed by atoms with Gasteiger partial charge in [-0.05, 0) is 25.8 Å². The standard InChI is InChI=1S/C12H18/c1-5-7-11(3)9-10-12(4)8-6-2/h5,7-10H,3,6H2,1-2,4H3/b7-5+,10-9-,12-8-. The zero-order chi connectivity index (χ0) is 9.40. The normalized spacial score (nSPS) is 13.1. The third-order valence-electron chi connectivity index (χ3n) is 1.47. The van der Waals surface area contributed by atoms with Crippen LogP contribution >= 0.6 is 0 Å². The highest BCUT2D eigenvalue weighted by Crippen LogP contribution is 2.01. The summed E-state index contributed by atoms with van der Waals surface area (Å²) >= 11 is 0. The van der Waals surface area contributed by atoms with Crippen LogP contribution in [0.5, 0.6) is 0 Å². The summed E-state index contributed by atoms with van der Waals surface area (Å²) in [7, 11) is 0. The highest BCUT2D eigenvalue weighted by atomic mass is 13.9. The second kappa shape index (κ2) is 6.66. The van der Waals surface area contributed by atoms with Gasteiger partial charge in [-0.1, -0.05) is 49.5 Å². The molecule has 0 heteroatoms. The van der Waals surface area contributed by atoms with Gasteiger partial charge in [-0.15, -0.1) is 0 Å². The van der Waals surface area contributed by atoms with Gasteiger partial charge in [-0.25, -0.2) is 0 Å². The summed E-state index contributed by atoms with van der Waals surface area (Å²) in [6.45, 7) is 10.1. The molecule has 66 valence electrons. The maximum atomic E-state index is 3.88. The highest BCUT2D eigenvalue weighted by molar-refractivity contribution is 5.31. The van der Waals surface area contributed by atoms with Crippen molar-refractivity contribution in [3.05, 3.63) is 48.1 Å². The molecule has 0 aromatic heterocycles. The molecule has 0 unspecified atom stereocenters. The number of rotatable bonds is 4. The molecule has 0 nitrogen and oxygen atoms in total. The Bertz CT molecular complexity index is 210. The van der Waals surface area contributed by atoms with E-state index in [9.17, 15) is 0 Å². The second-order valence-electron chi connectivity index (χ2n) is 2.76. The van der Waals surface area contributed by atoms with Gasteiger partial charge in [-0.3, -0.25) is 0 Å². The van der Waals surface area contributed by atoms with Crippen LogP contribution in [0.3, 0.4) is 0 Å². The molecule has 0 saturated carbocycles. The number of hydrogen-bond donors (Lipinski definition) is 0. The van der Waals surface area contributed by atoms with E-state index in [2.05, 4.69) is 32.6 Å². The van der Waals surface area contributed by atoms with Crippen LogP contribution in [0.15, 0.2) is 48.1 Å². The minimum atomic E-state index is 1.04. The fourth-order valence-electron chi connectivity index (χ4n) is 0.898. The summed E-state index contributed by atoms with van der Waals surface area (Å²) in [5.74, 6) is 0. The van der Waals surface area contributed by atoms with Gasteiger partial charge in [0.1, 0.15) is 0 Å². The van der Waals surface area contributed by atoms with E-state index >= 15 is 0 Å². The first-order chi connectivity index (χ1) is 5.70. The van der Waals surface area contributed by atoms with E-state index in [-0.39, 0.29) is 0 Å². The lowest BCUT2D eigenvalue weighted by Crippen LogP contribution is -1.70. The van der Waals surface area contributed by atoms with Crippen molar-refractivity contribution in [3.8, 4) is 0 Å². The first-order valence-corrected chi connectivity index (χ1v) is 4.37. The van der Waals surface area contributed by atoms with Gasteiger partial charge in [0.2, 0.25) is 0 Å². The van der Waals surface area contributed by atoms with Crippen LogP contribution in [0, 0.1) is 0 Å². The van der Waals surface area contributed by atoms with E-state index in [1.54, 1.807) is 0 Å². The lowest BCUT2D eigenvalue weighted by atomic mass is 10.2. The van der Waals surface area contributed by atoms with Crippen LogP contribution in [0.4, 0.5) is 0 Å². The largest absolute Gasteiger partial charge is 0.0918 e. The average molecular weight is 162 g/mol. The lowest BCUT2D eigenvalue weighted by molar-refractivity contribution is 1.20. The van der Waals surface area contributed by atoms with Gasteiger partial charge in [0.05, 0.1) is 0 Å². The van der Waals surface area contributed by atoms with Crippen molar-refractivity contribution in [2.75, 3.05) is 0 Å². The molecule has 0 heterocycles. The van der Waals surface area contributed by atoms with Crippen molar-refractivity contribution in [1.29, 1.82) is 0 Å². The molecular formula is C12H18. The molecule has 0 atom stereocenters. The van der Waals surface area contributed by atoms with Gasteiger partial charge >= 0.3 is 0 Å². The molecule has 0 radical (unpaired) electrons. The molecule has 0 bridgehead atoms. The molecule has 0 amide bonds. The average Bonchev–Trinajstić information content (AvgIpc) is 2.02. The summed E-state index contributed by atoms with van der Waals surface area (Å²) in [6.07, 6.45) is 11.4. The van der Waals surface area contributed by atoms with Gasteiger partial charge in [0.25, 0.3) is 0 Å². The van der Waals surface area contributed by atoms with Crippen LogP contribution in [-0.4, -0.2) is 0 Å². The molecule has 0 fully saturated rings. The van der Waals surface area contributed by atoms with Crippen LogP contribution in [-0.2, 0) is 0 Å². The van der Waals surface area contributed by atoms with E-state index in [1.807, 2.05) is 25.2 Å². The summed E-state index contributed by atoms with van der Waals surface area (Å²) in [4.78, 5) is 0. The van der Waals surface area contributed by atoms with Gasteiger partial charge < -0.3 is 0 Å². The fourth-order valence-corrected chi connectivity index (χ4v) is 0.898. The summed E-state index contributed by atoms with van der Waals surface area (Å²) in [6, 6.07) is 0. The first kappa shape index (κ1) is 11.0. The molecule has 0 N–H and O–H groups in total. The maximum absolute atomic E-state index is 3.88. The van der Waals surface area contributed by atoms with Crippen LogP contribution in [0.1, 0.15) is 27.2 Å². The Morgan fingerprint density at radius 3 is 2.42 bits per heavy atom. The van der Waals surface area contributed by atoms with E-state index in [0.29, 0.717) is 0 Å². The minimum absolute atomic E-state index is 1.04. The lowest BCUT2D eigenvalue weighted by Gasteiger charge is -1.90. The Balaban J connectivity index is 4.06. The van der Waals surface area contributed by atoms with Crippen molar-refractivity contribution < 1.29 is 0 Å². The molecule has 0 aromatic rings. The zero-order valence-corrected chi connectivity index (χ0v) is 8.30. The van der Waals surface area contributed by atoms with E-state index < -0.39 is 0 Å². The Morgan fingerprint density at radius 1 is 1.25 bits per heavy atom. The maximum Gasteiger partial charge on any atom is -0.0332 e. The van der Waals surface area contributed by atoms with Crippen molar-refractivity contribution in [2.24, 2.45) is 0 Å². The molecule has 0 spiro atoms. The van der Waals surface area contributed by atoms with Crippen LogP contribution < -0.4 is 0 Å². The van der Waals surface area contributed by atoms with E-state index in [4.69, 9.17) is 0 Å². The van der Waals surface area contributed by atoms with E-state index in [1.165, 1.54) is 5.57 Å². The van der Waals surface area contributed by atoms with Gasteiger partial charge in [0.15, 0.2) is 0 Å². The third-order valence-corrected chi connectivity index (χ3v) is 1.47. The Hall–Kier alpha value is -1.04. The first-order valence-electron chi connectivity index (χ1n) is 4.37. The smallest absolute Gasteiger partial charge is 0.0332 e. The quantitative estimate of drug-likeness (QED) is 0.547. The zero-order valence-electron chi connectivity index (χ0n) is 8.30. The number of allylic oxidation sites excluding steroid dienone is 7. The molecule has 0 aliphatic rings. The van der Waals surface area contributed by atoms with Crippen molar-refractivity contribution in [1.82, 2.24) is 0 Å². The topological polar surface area (TPSA) is 0 Å². The summed E-state index contributed by atoms with van der Waals surface area (Å²) in [5, 5.41) is 0. The predicted octanol–water partition coefficient (Wildman–Crippen LogP) is 4.03. The number of hydrogen-bond acceptors (Lipinski definition) is 0. The minimum Gasteiger partial charge on any atom is -0.0918 e. The SMILES string of the molecule is C=C(/C=C\C(C)=C/CC)/C=C/C. The monoisotopic (exact) mass is 162 g/mol. The Kier molecular flexibility index (Phi) is 6.08. The third kappa shape index (κ3) is 5.72. The summed E-state index contributed by atoms with van der Waals surface area (Å²) in [5.41, 5.74) is 2.34. The molecule has 0 saturated heterocycles. The van der Waals surface area contributed by atoms with Gasteiger partial charge in [0, 0.05) is 0 Å². The Morgan fingerprint density at radius 2 is 1.92 bits per heavy atom. The van der Waals surface area contributed by atoms with Gasteiger partial charge in [-0.2, -0.15) is 0 Å². The van der Waals surface area contributed by atoms with Crippen LogP contribution in [0.2, 0.25) is 0 Å². The molecule has 0 aliphatic heterocycles. The molecule has 0 aromatic carbocycles. The fraction of sp³-hybridized carbons (Fsp3) is 0.333. The van der Waals surface area contributed by atoms with Crippen molar-refractivity contribution in [2.45, 2.75) is 27.2 Å². The van der Waals surface area contributed by atoms with E-state index in [0.717, 1.165) is 12.0 Å². The van der Waals surface area contributed by atoms with Crippen molar-refractivity contribution >= 4 is 0 Å². The van der Waals surface area contributed by atoms with Crippen molar-refractivity contribution in [3.63, 3.8) is 0 Å².